The van der Waals surface area contributed by atoms with Crippen LogP contribution in [-0.2, 0) is 4.79 Å². The molecule has 0 saturated heterocycles. The van der Waals surface area contributed by atoms with E-state index in [0.29, 0.717) is 17.1 Å². The number of rotatable bonds is 5. The van der Waals surface area contributed by atoms with Gasteiger partial charge < -0.3 is 11.1 Å². The van der Waals surface area contributed by atoms with Gasteiger partial charge in [0.1, 0.15) is 17.5 Å². The summed E-state index contributed by atoms with van der Waals surface area (Å²) < 4.78 is 0. The largest absolute Gasteiger partial charge is 0.399 e. The summed E-state index contributed by atoms with van der Waals surface area (Å²) in [7, 11) is 0. The van der Waals surface area contributed by atoms with Crippen LogP contribution in [0.5, 0.6) is 0 Å². The van der Waals surface area contributed by atoms with E-state index in [1.807, 2.05) is 18.2 Å². The van der Waals surface area contributed by atoms with Crippen molar-refractivity contribution in [3.05, 3.63) is 48.6 Å². The number of amides is 1. The fraction of sp³-hybridized carbons (Fsp3) is 0.188. The van der Waals surface area contributed by atoms with Crippen LogP contribution in [0.2, 0.25) is 0 Å². The first-order valence-electron chi connectivity index (χ1n) is 7.03. The van der Waals surface area contributed by atoms with Crippen molar-refractivity contribution in [2.45, 2.75) is 19.4 Å². The van der Waals surface area contributed by atoms with Crippen LogP contribution < -0.4 is 16.5 Å². The number of nitrogens with zero attached hydrogens (tertiary/aromatic N) is 1. The number of nitrogen functional groups attached to an aromatic ring is 1. The second-order valence-corrected chi connectivity index (χ2v) is 5.03. The Morgan fingerprint density at radius 1 is 1.36 bits per heavy atom. The molecule has 0 bridgehead atoms. The molecule has 114 valence electrons. The number of benzene rings is 1. The van der Waals surface area contributed by atoms with E-state index in [-0.39, 0.29) is 11.8 Å². The summed E-state index contributed by atoms with van der Waals surface area (Å²) in [6, 6.07) is 6.98. The first kappa shape index (κ1) is 15.7. The molecule has 1 atom stereocenters. The van der Waals surface area contributed by atoms with Crippen LogP contribution in [-0.4, -0.2) is 23.4 Å². The summed E-state index contributed by atoms with van der Waals surface area (Å²) in [5.41, 5.74) is 8.81. The Morgan fingerprint density at radius 2 is 2.09 bits per heavy atom. The van der Waals surface area contributed by atoms with Gasteiger partial charge in [-0.15, -0.1) is 0 Å². The van der Waals surface area contributed by atoms with Crippen molar-refractivity contribution in [1.82, 2.24) is 0 Å². The van der Waals surface area contributed by atoms with E-state index in [0.717, 1.165) is 6.42 Å². The molecule has 0 heterocycles. The molecule has 1 amide bonds. The minimum Gasteiger partial charge on any atom is -0.399 e. The molecule has 1 aromatic carbocycles. The number of anilines is 2. The van der Waals surface area contributed by atoms with Crippen LogP contribution in [0.3, 0.4) is 0 Å². The zero-order valence-corrected chi connectivity index (χ0v) is 12.4. The Morgan fingerprint density at radius 3 is 2.73 bits per heavy atom. The molecule has 0 aromatic heterocycles. The molecule has 1 aliphatic carbocycles. The van der Waals surface area contributed by atoms with Crippen molar-refractivity contribution in [1.29, 1.82) is 5.41 Å². The maximum atomic E-state index is 12.0. The number of hydrogen-bond donors (Lipinski definition) is 4. The lowest BCUT2D eigenvalue weighted by Gasteiger charge is -2.09. The second kappa shape index (κ2) is 7.33. The molecule has 0 spiro atoms. The van der Waals surface area contributed by atoms with Gasteiger partial charge in [0.2, 0.25) is 0 Å². The third-order valence-corrected chi connectivity index (χ3v) is 3.23. The van der Waals surface area contributed by atoms with Crippen molar-refractivity contribution in [3.63, 3.8) is 0 Å². The van der Waals surface area contributed by atoms with Crippen LogP contribution in [0.25, 0.3) is 0 Å². The molecule has 0 aliphatic heterocycles. The number of allylic oxidation sites excluding steroid dienone is 2. The van der Waals surface area contributed by atoms with E-state index in [9.17, 15) is 4.79 Å². The molecule has 1 unspecified atom stereocenters. The highest BCUT2D eigenvalue weighted by Gasteiger charge is 2.15. The molecular formula is C16H20N5O+. The predicted molar refractivity (Wildman–Crippen MR) is 88.9 cm³/mol. The number of quaternary nitrogens is 1. The Labute approximate surface area is 129 Å². The number of carbonyl (C=O) groups excluding carboxylic acids is 1. The van der Waals surface area contributed by atoms with Crippen molar-refractivity contribution < 1.29 is 10.2 Å². The molecule has 22 heavy (non-hydrogen) atoms. The van der Waals surface area contributed by atoms with Gasteiger partial charge in [-0.2, -0.15) is 0 Å². The zero-order valence-electron chi connectivity index (χ0n) is 12.4. The zero-order chi connectivity index (χ0) is 15.9. The van der Waals surface area contributed by atoms with Crippen molar-refractivity contribution in [2.75, 3.05) is 11.1 Å². The maximum Gasteiger partial charge on any atom is 0.275 e. The molecule has 2 rings (SSSR count). The van der Waals surface area contributed by atoms with Crippen LogP contribution >= 0.6 is 0 Å². The first-order chi connectivity index (χ1) is 10.6. The Kier molecular flexibility index (Phi) is 5.21. The highest BCUT2D eigenvalue weighted by Crippen LogP contribution is 2.10. The monoisotopic (exact) mass is 298 g/mol. The van der Waals surface area contributed by atoms with Crippen LogP contribution in [0.1, 0.15) is 13.3 Å². The van der Waals surface area contributed by atoms with Gasteiger partial charge in [-0.25, -0.2) is 5.43 Å². The van der Waals surface area contributed by atoms with Gasteiger partial charge in [-0.1, -0.05) is 23.3 Å². The molecule has 1 aliphatic rings. The number of carbonyl (C=O) groups is 1. The Bertz CT molecular complexity index is 643. The number of nitrogens with one attached hydrogen (secondary N) is 2. The number of hydrogen-bond acceptors (Lipinski definition) is 4. The lowest BCUT2D eigenvalue weighted by molar-refractivity contribution is -0.685. The summed E-state index contributed by atoms with van der Waals surface area (Å²) >= 11 is 0. The van der Waals surface area contributed by atoms with Crippen molar-refractivity contribution >= 4 is 28.7 Å². The van der Waals surface area contributed by atoms with Crippen molar-refractivity contribution in [3.8, 4) is 0 Å². The predicted octanol–water partition coefficient (Wildman–Crippen LogP) is 1.05. The summed E-state index contributed by atoms with van der Waals surface area (Å²) in [6.45, 7) is 1.66. The molecule has 6 N–H and O–H groups in total. The van der Waals surface area contributed by atoms with Gasteiger partial charge in [-0.05, 0) is 37.3 Å². The fourth-order valence-electron chi connectivity index (χ4n) is 1.91. The standard InChI is InChI=1S/C16H19N5O/c1-11(20-21-14-5-3-2-4-6-14)15(18)16(22)19-13-9-7-12(17)8-10-13/h2-5,7-10,14,18,21H,6,17H2,1H3,(H,19,22)/p+1/b18-15?,20-11-. The minimum absolute atomic E-state index is 0.150. The summed E-state index contributed by atoms with van der Waals surface area (Å²) in [5.74, 6) is -0.487. The lowest BCUT2D eigenvalue weighted by atomic mass is 10.1. The molecular weight excluding hydrogens is 278 g/mol. The maximum absolute atomic E-state index is 12.0. The van der Waals surface area contributed by atoms with Gasteiger partial charge in [-0.3, -0.25) is 10.2 Å². The van der Waals surface area contributed by atoms with Crippen molar-refractivity contribution in [2.24, 2.45) is 5.10 Å². The third kappa shape index (κ3) is 4.39. The quantitative estimate of drug-likeness (QED) is 0.282. The van der Waals surface area contributed by atoms with Crippen LogP contribution in [0.4, 0.5) is 11.4 Å². The normalized spacial score (nSPS) is 17.3. The molecule has 0 saturated carbocycles. The van der Waals surface area contributed by atoms with E-state index >= 15 is 0 Å². The highest BCUT2D eigenvalue weighted by atomic mass is 16.1. The van der Waals surface area contributed by atoms with E-state index in [4.69, 9.17) is 11.1 Å². The van der Waals surface area contributed by atoms with E-state index in [2.05, 4.69) is 16.5 Å². The molecule has 1 aromatic rings. The summed E-state index contributed by atoms with van der Waals surface area (Å²) in [6.07, 6.45) is 8.94. The smallest absolute Gasteiger partial charge is 0.275 e. The molecule has 0 radical (unpaired) electrons. The van der Waals surface area contributed by atoms with Crippen LogP contribution in [0, 0.1) is 5.41 Å². The Balaban J connectivity index is 1.91. The van der Waals surface area contributed by atoms with E-state index in [1.54, 1.807) is 36.6 Å². The molecule has 6 nitrogen and oxygen atoms in total. The number of nitrogens with two attached hydrogens (primary N) is 2. The van der Waals surface area contributed by atoms with Gasteiger partial charge >= 0.3 is 0 Å². The molecule has 0 fully saturated rings. The highest BCUT2D eigenvalue weighted by molar-refractivity contribution is 6.67. The topological polar surface area (TPSA) is 108 Å². The average molecular weight is 298 g/mol. The van der Waals surface area contributed by atoms with E-state index in [1.165, 1.54) is 0 Å². The second-order valence-electron chi connectivity index (χ2n) is 5.03. The van der Waals surface area contributed by atoms with Gasteiger partial charge in [0.05, 0.1) is 0 Å². The minimum atomic E-state index is -0.487. The van der Waals surface area contributed by atoms with Gasteiger partial charge in [0.15, 0.2) is 0 Å². The SMILES string of the molecule is C/C(=N/[NH2+]C1C=CC=CC1)C(=N)C(=O)Nc1ccc(N)cc1. The summed E-state index contributed by atoms with van der Waals surface area (Å²) in [4.78, 5) is 12.0. The van der Waals surface area contributed by atoms with Crippen LogP contribution in [0.15, 0.2) is 53.7 Å². The molecule has 6 heteroatoms. The third-order valence-electron chi connectivity index (χ3n) is 3.23. The van der Waals surface area contributed by atoms with Gasteiger partial charge in [0, 0.05) is 17.8 Å². The lowest BCUT2D eigenvalue weighted by Crippen LogP contribution is -2.84. The van der Waals surface area contributed by atoms with E-state index < -0.39 is 5.91 Å². The fourth-order valence-corrected chi connectivity index (χ4v) is 1.91. The first-order valence-corrected chi connectivity index (χ1v) is 7.03. The summed E-state index contributed by atoms with van der Waals surface area (Å²) in [5, 5.41) is 14.8. The average Bonchev–Trinajstić information content (AvgIpc) is 2.55. The van der Waals surface area contributed by atoms with Gasteiger partial charge in [0.25, 0.3) is 5.91 Å². The Hall–Kier alpha value is -2.73.